The Bertz CT molecular complexity index is 657. The average Bonchev–Trinajstić information content (AvgIpc) is 2.56. The Morgan fingerprint density at radius 3 is 1.31 bits per heavy atom. The van der Waals surface area contributed by atoms with Crippen molar-refractivity contribution in [1.29, 1.82) is 0 Å². The minimum atomic E-state index is -4.47. The summed E-state index contributed by atoms with van der Waals surface area (Å²) in [5.74, 6) is 0.0760. The molecule has 0 atom stereocenters. The normalized spacial score (nSPS) is 12.1. The van der Waals surface area contributed by atoms with Crippen LogP contribution in [0.15, 0.2) is 58.3 Å². The average molecular weight is 414 g/mol. The van der Waals surface area contributed by atoms with Crippen LogP contribution in [0.1, 0.15) is 0 Å². The molecule has 0 saturated heterocycles. The molecule has 0 radical (unpaired) electrons. The first kappa shape index (κ1) is 20.6. The zero-order chi connectivity index (χ0) is 19.2. The second-order valence-electron chi connectivity index (χ2n) is 4.87. The number of rotatable bonds is 7. The minimum Gasteiger partial charge on any atom is -0.483 e. The van der Waals surface area contributed by atoms with Crippen LogP contribution in [0.3, 0.4) is 0 Å². The molecule has 0 fully saturated rings. The lowest BCUT2D eigenvalue weighted by molar-refractivity contribution is -0.154. The van der Waals surface area contributed by atoms with Crippen molar-refractivity contribution in [3.8, 4) is 11.5 Å². The largest absolute Gasteiger partial charge is 0.483 e. The summed E-state index contributed by atoms with van der Waals surface area (Å²) in [6, 6.07) is 12.2. The van der Waals surface area contributed by atoms with E-state index >= 15 is 0 Å². The quantitative estimate of drug-likeness (QED) is 0.387. The fourth-order valence-corrected chi connectivity index (χ4v) is 3.92. The van der Waals surface area contributed by atoms with Crippen LogP contribution < -0.4 is 9.47 Å². The molecular formula is C16H12F6O2S2. The minimum absolute atomic E-state index is 0.0380. The molecule has 0 heterocycles. The van der Waals surface area contributed by atoms with Gasteiger partial charge in [0.05, 0.1) is 9.79 Å². The van der Waals surface area contributed by atoms with E-state index in [0.29, 0.717) is 9.79 Å². The molecule has 0 spiro atoms. The van der Waals surface area contributed by atoms with Gasteiger partial charge in [-0.25, -0.2) is 0 Å². The molecule has 142 valence electrons. The van der Waals surface area contributed by atoms with Crippen molar-refractivity contribution in [3.05, 3.63) is 48.5 Å². The maximum Gasteiger partial charge on any atom is 0.422 e. The molecule has 0 amide bonds. The number of ether oxygens (including phenoxy) is 2. The first-order chi connectivity index (χ1) is 12.1. The van der Waals surface area contributed by atoms with E-state index in [1.807, 2.05) is 0 Å². The molecule has 2 nitrogen and oxygen atoms in total. The van der Waals surface area contributed by atoms with Gasteiger partial charge in [-0.1, -0.05) is 24.3 Å². The lowest BCUT2D eigenvalue weighted by Gasteiger charge is -2.14. The summed E-state index contributed by atoms with van der Waals surface area (Å²) in [4.78, 5) is 0.819. The summed E-state index contributed by atoms with van der Waals surface area (Å²) < 4.78 is 83.4. The van der Waals surface area contributed by atoms with Crippen LogP contribution in [0.5, 0.6) is 11.5 Å². The first-order valence-electron chi connectivity index (χ1n) is 7.06. The van der Waals surface area contributed by atoms with E-state index in [-0.39, 0.29) is 11.5 Å². The van der Waals surface area contributed by atoms with Crippen LogP contribution in [0.4, 0.5) is 26.3 Å². The Morgan fingerprint density at radius 1 is 0.615 bits per heavy atom. The zero-order valence-electron chi connectivity index (χ0n) is 12.9. The molecular weight excluding hydrogens is 402 g/mol. The van der Waals surface area contributed by atoms with Crippen molar-refractivity contribution in [2.75, 3.05) is 13.2 Å². The monoisotopic (exact) mass is 414 g/mol. The smallest absolute Gasteiger partial charge is 0.422 e. The molecule has 10 heteroatoms. The molecule has 2 aromatic rings. The number of para-hydroxylation sites is 2. The summed E-state index contributed by atoms with van der Waals surface area (Å²) in [5, 5.41) is 0. The van der Waals surface area contributed by atoms with E-state index in [9.17, 15) is 26.3 Å². The highest BCUT2D eigenvalue weighted by Gasteiger charge is 2.29. The summed E-state index contributed by atoms with van der Waals surface area (Å²) in [5.41, 5.74) is 0. The van der Waals surface area contributed by atoms with E-state index in [4.69, 9.17) is 9.47 Å². The molecule has 2 rings (SSSR count). The van der Waals surface area contributed by atoms with E-state index in [0.717, 1.165) is 21.6 Å². The fraction of sp³-hybridized carbons (Fsp3) is 0.250. The number of hydrogen-bond donors (Lipinski definition) is 0. The van der Waals surface area contributed by atoms with Gasteiger partial charge in [0.1, 0.15) is 11.5 Å². The van der Waals surface area contributed by atoms with E-state index in [1.165, 1.54) is 24.3 Å². The number of hydrogen-bond acceptors (Lipinski definition) is 4. The fourth-order valence-electron chi connectivity index (χ4n) is 1.69. The number of alkyl halides is 6. The maximum absolute atomic E-state index is 12.3. The van der Waals surface area contributed by atoms with Crippen LogP contribution in [0, 0.1) is 0 Å². The Kier molecular flexibility index (Phi) is 6.99. The second kappa shape index (κ2) is 8.81. The molecule has 0 aliphatic rings. The standard InChI is InChI=1S/C16H12F6O2S2/c17-15(18,19)9-23-11-5-1-3-7-13(11)25-26-14-8-4-2-6-12(14)24-10-16(20,21)22/h1-8H,9-10H2. The highest BCUT2D eigenvalue weighted by Crippen LogP contribution is 2.45. The van der Waals surface area contributed by atoms with Gasteiger partial charge in [-0.2, -0.15) is 26.3 Å². The summed E-state index contributed by atoms with van der Waals surface area (Å²) in [7, 11) is 2.12. The second-order valence-corrected chi connectivity index (χ2v) is 7.08. The van der Waals surface area contributed by atoms with Gasteiger partial charge in [0.15, 0.2) is 13.2 Å². The van der Waals surface area contributed by atoms with Gasteiger partial charge in [-0.15, -0.1) is 0 Å². The molecule has 0 aliphatic heterocycles. The Hall–Kier alpha value is -1.68. The third-order valence-corrected chi connectivity index (χ3v) is 5.15. The predicted molar refractivity (Wildman–Crippen MR) is 87.7 cm³/mol. The zero-order valence-corrected chi connectivity index (χ0v) is 14.6. The molecule has 0 aliphatic carbocycles. The SMILES string of the molecule is FC(F)(F)COc1ccccc1SSc1ccccc1OCC(F)(F)F. The van der Waals surface area contributed by atoms with Gasteiger partial charge in [-0.05, 0) is 45.9 Å². The Morgan fingerprint density at radius 2 is 0.962 bits per heavy atom. The topological polar surface area (TPSA) is 18.5 Å². The van der Waals surface area contributed by atoms with E-state index in [1.54, 1.807) is 24.3 Å². The summed E-state index contributed by atoms with van der Waals surface area (Å²) in [6.07, 6.45) is -8.94. The Labute approximate surface area is 153 Å². The molecule has 0 N–H and O–H groups in total. The lowest BCUT2D eigenvalue weighted by atomic mass is 10.3. The van der Waals surface area contributed by atoms with Crippen molar-refractivity contribution in [2.24, 2.45) is 0 Å². The van der Waals surface area contributed by atoms with Crippen molar-refractivity contribution < 1.29 is 35.8 Å². The van der Waals surface area contributed by atoms with Crippen LogP contribution in [0.2, 0.25) is 0 Å². The third-order valence-electron chi connectivity index (χ3n) is 2.70. The highest BCUT2D eigenvalue weighted by molar-refractivity contribution is 8.76. The Balaban J connectivity index is 2.05. The van der Waals surface area contributed by atoms with Gasteiger partial charge >= 0.3 is 12.4 Å². The first-order valence-corrected chi connectivity index (χ1v) is 9.21. The predicted octanol–water partition coefficient (Wildman–Crippen LogP) is 6.37. The van der Waals surface area contributed by atoms with Crippen LogP contribution in [-0.2, 0) is 0 Å². The molecule has 0 bridgehead atoms. The van der Waals surface area contributed by atoms with Crippen molar-refractivity contribution >= 4 is 21.6 Å². The number of halogens is 6. The van der Waals surface area contributed by atoms with E-state index < -0.39 is 25.6 Å². The molecule has 0 saturated carbocycles. The molecule has 0 unspecified atom stereocenters. The van der Waals surface area contributed by atoms with Crippen LogP contribution in [-0.4, -0.2) is 25.6 Å². The lowest BCUT2D eigenvalue weighted by Crippen LogP contribution is -2.19. The third kappa shape index (κ3) is 7.28. The highest BCUT2D eigenvalue weighted by atomic mass is 33.1. The summed E-state index contributed by atoms with van der Waals surface area (Å²) in [6.45, 7) is -2.86. The van der Waals surface area contributed by atoms with Gasteiger partial charge in [0.25, 0.3) is 0 Å². The van der Waals surface area contributed by atoms with Crippen LogP contribution in [0.25, 0.3) is 0 Å². The molecule has 2 aromatic carbocycles. The maximum atomic E-state index is 12.3. The van der Waals surface area contributed by atoms with Crippen molar-refractivity contribution in [2.45, 2.75) is 22.1 Å². The van der Waals surface area contributed by atoms with E-state index in [2.05, 4.69) is 0 Å². The molecule has 26 heavy (non-hydrogen) atoms. The molecule has 0 aromatic heterocycles. The van der Waals surface area contributed by atoms with Gasteiger partial charge < -0.3 is 9.47 Å². The van der Waals surface area contributed by atoms with Gasteiger partial charge in [0.2, 0.25) is 0 Å². The summed E-state index contributed by atoms with van der Waals surface area (Å²) >= 11 is 0. The van der Waals surface area contributed by atoms with Gasteiger partial charge in [0, 0.05) is 0 Å². The van der Waals surface area contributed by atoms with Crippen molar-refractivity contribution in [1.82, 2.24) is 0 Å². The van der Waals surface area contributed by atoms with Crippen molar-refractivity contribution in [3.63, 3.8) is 0 Å². The van der Waals surface area contributed by atoms with Crippen LogP contribution >= 0.6 is 21.6 Å². The number of benzene rings is 2. The van der Waals surface area contributed by atoms with Gasteiger partial charge in [-0.3, -0.25) is 0 Å².